The summed E-state index contributed by atoms with van der Waals surface area (Å²) in [6.07, 6.45) is 4.29. The van der Waals surface area contributed by atoms with Crippen LogP contribution in [-0.4, -0.2) is 36.8 Å². The van der Waals surface area contributed by atoms with Crippen molar-refractivity contribution in [2.45, 2.75) is 37.3 Å². The lowest BCUT2D eigenvalue weighted by Crippen LogP contribution is -2.47. The maximum absolute atomic E-state index is 12.5. The molecule has 0 radical (unpaired) electrons. The summed E-state index contributed by atoms with van der Waals surface area (Å²) in [4.78, 5) is 3.98. The maximum Gasteiger partial charge on any atom is 0.260 e. The zero-order valence-corrected chi connectivity index (χ0v) is 11.4. The number of aromatic nitrogens is 1. The van der Waals surface area contributed by atoms with Gasteiger partial charge in [0.1, 0.15) is 0 Å². The second-order valence-corrected chi connectivity index (χ2v) is 6.51. The van der Waals surface area contributed by atoms with Crippen molar-refractivity contribution in [2.24, 2.45) is 5.73 Å². The van der Waals surface area contributed by atoms with Crippen LogP contribution in [0.25, 0.3) is 0 Å². The van der Waals surface area contributed by atoms with Gasteiger partial charge in [-0.05, 0) is 37.5 Å². The van der Waals surface area contributed by atoms with Crippen molar-refractivity contribution in [3.63, 3.8) is 0 Å². The van der Waals surface area contributed by atoms with Crippen molar-refractivity contribution in [3.05, 3.63) is 23.9 Å². The lowest BCUT2D eigenvalue weighted by Gasteiger charge is -2.33. The molecule has 100 valence electrons. The van der Waals surface area contributed by atoms with E-state index in [0.717, 1.165) is 24.8 Å². The maximum atomic E-state index is 12.5. The third-order valence-corrected chi connectivity index (χ3v) is 5.16. The van der Waals surface area contributed by atoms with E-state index >= 15 is 0 Å². The molecule has 1 atom stereocenters. The summed E-state index contributed by atoms with van der Waals surface area (Å²) >= 11 is 0. The SMILES string of the molecule is Cc1ccnc(S(=O)(=O)N2CCCC[C@@H]2CN)c1. The number of pyridine rings is 1. The molecule has 2 heterocycles. The molecule has 6 heteroatoms. The Bertz CT molecular complexity index is 516. The fourth-order valence-electron chi connectivity index (χ4n) is 2.30. The highest BCUT2D eigenvalue weighted by atomic mass is 32.2. The molecule has 2 rings (SSSR count). The van der Waals surface area contributed by atoms with Crippen LogP contribution < -0.4 is 5.73 Å². The molecule has 1 aliphatic heterocycles. The van der Waals surface area contributed by atoms with Crippen LogP contribution in [0.4, 0.5) is 0 Å². The lowest BCUT2D eigenvalue weighted by atomic mass is 10.1. The number of aryl methyl sites for hydroxylation is 1. The molecule has 1 aromatic rings. The molecule has 0 saturated carbocycles. The first-order valence-corrected chi connectivity index (χ1v) is 7.64. The number of sulfonamides is 1. The van der Waals surface area contributed by atoms with Gasteiger partial charge in [0.15, 0.2) is 5.03 Å². The Labute approximate surface area is 108 Å². The van der Waals surface area contributed by atoms with Gasteiger partial charge in [0.2, 0.25) is 0 Å². The second kappa shape index (κ2) is 5.34. The van der Waals surface area contributed by atoms with E-state index in [1.165, 1.54) is 10.5 Å². The summed E-state index contributed by atoms with van der Waals surface area (Å²) in [6.45, 7) is 2.77. The van der Waals surface area contributed by atoms with Crippen molar-refractivity contribution < 1.29 is 8.42 Å². The lowest BCUT2D eigenvalue weighted by molar-refractivity contribution is 0.257. The molecule has 1 fully saturated rings. The van der Waals surface area contributed by atoms with E-state index in [9.17, 15) is 8.42 Å². The number of piperidine rings is 1. The van der Waals surface area contributed by atoms with E-state index in [-0.39, 0.29) is 11.1 Å². The zero-order valence-electron chi connectivity index (χ0n) is 10.5. The second-order valence-electron chi connectivity index (χ2n) is 4.67. The molecular formula is C12H19N3O2S. The summed E-state index contributed by atoms with van der Waals surface area (Å²) in [5.74, 6) is 0. The molecule has 2 N–H and O–H groups in total. The van der Waals surface area contributed by atoms with Gasteiger partial charge in [-0.3, -0.25) is 0 Å². The van der Waals surface area contributed by atoms with Gasteiger partial charge in [0.05, 0.1) is 0 Å². The molecule has 1 aliphatic rings. The van der Waals surface area contributed by atoms with Crippen LogP contribution in [0.1, 0.15) is 24.8 Å². The minimum Gasteiger partial charge on any atom is -0.329 e. The van der Waals surface area contributed by atoms with E-state index in [0.29, 0.717) is 13.1 Å². The summed E-state index contributed by atoms with van der Waals surface area (Å²) in [5, 5.41) is 0.128. The van der Waals surface area contributed by atoms with E-state index in [1.807, 2.05) is 6.92 Å². The smallest absolute Gasteiger partial charge is 0.260 e. The molecule has 0 bridgehead atoms. The van der Waals surface area contributed by atoms with Crippen LogP contribution in [0.5, 0.6) is 0 Å². The highest BCUT2D eigenvalue weighted by molar-refractivity contribution is 7.89. The van der Waals surface area contributed by atoms with Gasteiger partial charge < -0.3 is 5.73 Å². The number of hydrogen-bond acceptors (Lipinski definition) is 4. The average molecular weight is 269 g/mol. The third kappa shape index (κ3) is 2.55. The van der Waals surface area contributed by atoms with Crippen molar-refractivity contribution >= 4 is 10.0 Å². The van der Waals surface area contributed by atoms with Crippen molar-refractivity contribution in [3.8, 4) is 0 Å². The number of nitrogens with zero attached hydrogens (tertiary/aromatic N) is 2. The van der Waals surface area contributed by atoms with Gasteiger partial charge >= 0.3 is 0 Å². The minimum atomic E-state index is -3.50. The van der Waals surface area contributed by atoms with Crippen LogP contribution >= 0.6 is 0 Å². The molecule has 0 spiro atoms. The van der Waals surface area contributed by atoms with E-state index in [1.54, 1.807) is 12.1 Å². The molecule has 1 saturated heterocycles. The molecule has 0 amide bonds. The number of rotatable bonds is 3. The molecule has 5 nitrogen and oxygen atoms in total. The Morgan fingerprint density at radius 1 is 1.50 bits per heavy atom. The van der Waals surface area contributed by atoms with Gasteiger partial charge in [-0.2, -0.15) is 4.31 Å². The Morgan fingerprint density at radius 3 is 2.94 bits per heavy atom. The zero-order chi connectivity index (χ0) is 13.2. The Morgan fingerprint density at radius 2 is 2.28 bits per heavy atom. The third-order valence-electron chi connectivity index (χ3n) is 3.31. The average Bonchev–Trinajstić information content (AvgIpc) is 2.38. The van der Waals surface area contributed by atoms with Crippen LogP contribution in [0.3, 0.4) is 0 Å². The molecule has 0 unspecified atom stereocenters. The topological polar surface area (TPSA) is 76.3 Å². The fraction of sp³-hybridized carbons (Fsp3) is 0.583. The van der Waals surface area contributed by atoms with Crippen molar-refractivity contribution in [1.82, 2.24) is 9.29 Å². The first-order valence-electron chi connectivity index (χ1n) is 6.20. The van der Waals surface area contributed by atoms with Crippen LogP contribution in [0.15, 0.2) is 23.4 Å². The van der Waals surface area contributed by atoms with Gasteiger partial charge in [-0.15, -0.1) is 0 Å². The summed E-state index contributed by atoms with van der Waals surface area (Å²) in [5.41, 5.74) is 6.57. The van der Waals surface area contributed by atoms with Crippen LogP contribution in [-0.2, 0) is 10.0 Å². The van der Waals surface area contributed by atoms with Crippen LogP contribution in [0.2, 0.25) is 0 Å². The van der Waals surface area contributed by atoms with Gasteiger partial charge in [0.25, 0.3) is 10.0 Å². The monoisotopic (exact) mass is 269 g/mol. The van der Waals surface area contributed by atoms with Crippen molar-refractivity contribution in [2.75, 3.05) is 13.1 Å². The molecular weight excluding hydrogens is 250 g/mol. The van der Waals surface area contributed by atoms with Gasteiger partial charge in [-0.1, -0.05) is 6.42 Å². The van der Waals surface area contributed by atoms with Gasteiger partial charge in [0, 0.05) is 25.3 Å². The number of nitrogens with two attached hydrogens (primary N) is 1. The standard InChI is InChI=1S/C12H19N3O2S/c1-10-5-6-14-12(8-10)18(16,17)15-7-3-2-4-11(15)9-13/h5-6,8,11H,2-4,7,9,13H2,1H3/t11-/m1/s1. The predicted octanol–water partition coefficient (Wildman–Crippen LogP) is 0.892. The highest BCUT2D eigenvalue weighted by Crippen LogP contribution is 2.24. The first-order chi connectivity index (χ1) is 8.55. The molecule has 0 aliphatic carbocycles. The molecule has 0 aromatic carbocycles. The predicted molar refractivity (Wildman–Crippen MR) is 69.6 cm³/mol. The van der Waals surface area contributed by atoms with E-state index < -0.39 is 10.0 Å². The van der Waals surface area contributed by atoms with E-state index in [4.69, 9.17) is 5.73 Å². The molecule has 18 heavy (non-hydrogen) atoms. The summed E-state index contributed by atoms with van der Waals surface area (Å²) in [6, 6.07) is 3.30. The van der Waals surface area contributed by atoms with Crippen LogP contribution in [0, 0.1) is 6.92 Å². The fourth-order valence-corrected chi connectivity index (χ4v) is 4.02. The number of hydrogen-bond donors (Lipinski definition) is 1. The molecule has 1 aromatic heterocycles. The van der Waals surface area contributed by atoms with Crippen molar-refractivity contribution in [1.29, 1.82) is 0 Å². The largest absolute Gasteiger partial charge is 0.329 e. The quantitative estimate of drug-likeness (QED) is 0.884. The normalized spacial score (nSPS) is 22.0. The highest BCUT2D eigenvalue weighted by Gasteiger charge is 2.33. The minimum absolute atomic E-state index is 0.0916. The van der Waals surface area contributed by atoms with Gasteiger partial charge in [-0.25, -0.2) is 13.4 Å². The summed E-state index contributed by atoms with van der Waals surface area (Å²) in [7, 11) is -3.50. The van der Waals surface area contributed by atoms with E-state index in [2.05, 4.69) is 4.98 Å². The Kier molecular flexibility index (Phi) is 3.99. The Hall–Kier alpha value is -0.980. The Balaban J connectivity index is 2.35. The first kappa shape index (κ1) is 13.5. The summed E-state index contributed by atoms with van der Waals surface area (Å²) < 4.78 is 26.5.